The number of pyridine rings is 1. The highest BCUT2D eigenvalue weighted by Crippen LogP contribution is 2.36. The molecule has 1 saturated heterocycles. The minimum atomic E-state index is -0.268. The van der Waals surface area contributed by atoms with Crippen LogP contribution in [0.4, 0.5) is 0 Å². The molecule has 180 valence electrons. The number of piperidine rings is 1. The van der Waals surface area contributed by atoms with E-state index in [1.165, 1.54) is 0 Å². The maximum absolute atomic E-state index is 12.3. The van der Waals surface area contributed by atoms with Gasteiger partial charge in [0.05, 0.1) is 13.3 Å². The second kappa shape index (κ2) is 10.2. The Labute approximate surface area is 212 Å². The fourth-order valence-electron chi connectivity index (χ4n) is 5.23. The van der Waals surface area contributed by atoms with Gasteiger partial charge in [-0.1, -0.05) is 28.1 Å². The molecule has 2 atom stereocenters. The molecule has 0 aliphatic carbocycles. The molecule has 2 aliphatic rings. The summed E-state index contributed by atoms with van der Waals surface area (Å²) < 4.78 is 8.42. The maximum Gasteiger partial charge on any atom is 0.271 e. The molecule has 0 unspecified atom stereocenters. The zero-order valence-corrected chi connectivity index (χ0v) is 21.1. The normalized spacial score (nSPS) is 19.4. The summed E-state index contributed by atoms with van der Waals surface area (Å²) in [6.07, 6.45) is 2.77. The molecule has 2 bridgehead atoms. The first kappa shape index (κ1) is 23.5. The molecule has 1 amide bonds. The van der Waals surface area contributed by atoms with Gasteiger partial charge in [0, 0.05) is 59.5 Å². The van der Waals surface area contributed by atoms with Crippen molar-refractivity contribution < 1.29 is 9.53 Å². The predicted molar refractivity (Wildman–Crippen MR) is 139 cm³/mol. The number of halogens is 1. The summed E-state index contributed by atoms with van der Waals surface area (Å²) >= 11 is 3.37. The maximum atomic E-state index is 12.3. The zero-order valence-electron chi connectivity index (χ0n) is 19.5. The van der Waals surface area contributed by atoms with E-state index in [9.17, 15) is 9.59 Å². The molecule has 0 radical (unpaired) electrons. The molecular formula is C27H27BrN4O3. The number of rotatable bonds is 6. The number of amides is 1. The lowest BCUT2D eigenvalue weighted by Crippen LogP contribution is -2.46. The number of likely N-dealkylation sites (tertiary alicyclic amines) is 1. The van der Waals surface area contributed by atoms with Crippen molar-refractivity contribution in [3.05, 3.63) is 97.9 Å². The highest BCUT2D eigenvalue weighted by atomic mass is 79.9. The Hall–Kier alpha value is -3.23. The van der Waals surface area contributed by atoms with Crippen LogP contribution in [0.25, 0.3) is 0 Å². The van der Waals surface area contributed by atoms with Gasteiger partial charge in [-0.25, -0.2) is 5.43 Å². The molecule has 2 aromatic carbocycles. The van der Waals surface area contributed by atoms with Crippen LogP contribution in [-0.4, -0.2) is 41.8 Å². The van der Waals surface area contributed by atoms with Crippen molar-refractivity contribution in [2.45, 2.75) is 25.4 Å². The van der Waals surface area contributed by atoms with Crippen LogP contribution < -0.4 is 15.7 Å². The van der Waals surface area contributed by atoms with E-state index in [2.05, 4.69) is 43.5 Å². The summed E-state index contributed by atoms with van der Waals surface area (Å²) in [6.45, 7) is 3.38. The van der Waals surface area contributed by atoms with Gasteiger partial charge in [0.15, 0.2) is 0 Å². The Kier molecular flexibility index (Phi) is 6.83. The third-order valence-corrected chi connectivity index (χ3v) is 7.21. The van der Waals surface area contributed by atoms with Crippen molar-refractivity contribution in [3.8, 4) is 5.75 Å². The third-order valence-electron chi connectivity index (χ3n) is 6.72. The predicted octanol–water partition coefficient (Wildman–Crippen LogP) is 4.00. The molecule has 8 heteroatoms. The van der Waals surface area contributed by atoms with Crippen LogP contribution in [0.3, 0.4) is 0 Å². The van der Waals surface area contributed by atoms with Crippen molar-refractivity contribution in [3.63, 3.8) is 0 Å². The van der Waals surface area contributed by atoms with Gasteiger partial charge in [-0.2, -0.15) is 5.10 Å². The molecule has 5 rings (SSSR count). The van der Waals surface area contributed by atoms with Gasteiger partial charge >= 0.3 is 0 Å². The van der Waals surface area contributed by atoms with Crippen molar-refractivity contribution >= 4 is 28.1 Å². The highest BCUT2D eigenvalue weighted by molar-refractivity contribution is 9.10. The van der Waals surface area contributed by atoms with Gasteiger partial charge in [0.2, 0.25) is 0 Å². The Morgan fingerprint density at radius 2 is 2.00 bits per heavy atom. The van der Waals surface area contributed by atoms with Crippen LogP contribution in [0.2, 0.25) is 0 Å². The summed E-state index contributed by atoms with van der Waals surface area (Å²) in [4.78, 5) is 27.1. The van der Waals surface area contributed by atoms with Gasteiger partial charge in [-0.3, -0.25) is 14.5 Å². The lowest BCUT2D eigenvalue weighted by Gasteiger charge is -2.42. The number of fused-ring (bicyclic) bond motifs is 4. The molecule has 3 aromatic rings. The molecule has 1 aromatic heterocycles. The van der Waals surface area contributed by atoms with Gasteiger partial charge in [-0.05, 0) is 60.4 Å². The topological polar surface area (TPSA) is 75.9 Å². The number of carbonyl (C=O) groups excluding carboxylic acids is 1. The van der Waals surface area contributed by atoms with Crippen LogP contribution in [0, 0.1) is 5.92 Å². The SMILES string of the molecule is COc1ccc(/C=N/NC(=O)c2cccc(Br)c2)cc1CN1C[C@H]2C[C@@H](C1)c1cccc(=O)n1C2. The van der Waals surface area contributed by atoms with Gasteiger partial charge in [-0.15, -0.1) is 0 Å². The number of hydrogen-bond donors (Lipinski definition) is 1. The molecule has 0 spiro atoms. The summed E-state index contributed by atoms with van der Waals surface area (Å²) in [7, 11) is 1.68. The number of nitrogens with one attached hydrogen (secondary N) is 1. The van der Waals surface area contributed by atoms with Gasteiger partial charge < -0.3 is 9.30 Å². The Morgan fingerprint density at radius 3 is 2.83 bits per heavy atom. The Morgan fingerprint density at radius 1 is 1.14 bits per heavy atom. The summed E-state index contributed by atoms with van der Waals surface area (Å²) in [5.74, 6) is 1.38. The van der Waals surface area contributed by atoms with Gasteiger partial charge in [0.25, 0.3) is 11.5 Å². The second-order valence-corrected chi connectivity index (χ2v) is 10.1. The lowest BCUT2D eigenvalue weighted by atomic mass is 9.83. The smallest absolute Gasteiger partial charge is 0.271 e. The fraction of sp³-hybridized carbons (Fsp3) is 0.296. The summed E-state index contributed by atoms with van der Waals surface area (Å²) in [5, 5.41) is 4.14. The van der Waals surface area contributed by atoms with Crippen LogP contribution in [-0.2, 0) is 13.1 Å². The Balaban J connectivity index is 1.28. The number of hydrazone groups is 1. The number of nitrogens with zero attached hydrogens (tertiary/aromatic N) is 3. The standard InChI is InChI=1S/C27H27BrN4O3/c1-35-25-9-8-18(13-29-30-27(34)20-4-2-5-23(28)12-20)10-22(25)17-31-14-19-11-21(16-31)24-6-3-7-26(33)32(24)15-19/h2-10,12-13,19,21H,11,14-17H2,1H3,(H,30,34)/b29-13+/t19-,21+/m1/s1. The van der Waals surface area contributed by atoms with Crippen LogP contribution in [0.1, 0.15) is 39.5 Å². The van der Waals surface area contributed by atoms with E-state index in [1.54, 1.807) is 31.5 Å². The van der Waals surface area contributed by atoms with E-state index in [0.29, 0.717) is 17.4 Å². The number of benzene rings is 2. The molecular weight excluding hydrogens is 508 g/mol. The average molecular weight is 535 g/mol. The first-order valence-corrected chi connectivity index (χ1v) is 12.5. The van der Waals surface area contributed by atoms with E-state index in [4.69, 9.17) is 4.74 Å². The van der Waals surface area contributed by atoms with Crippen LogP contribution >= 0.6 is 15.9 Å². The molecule has 1 fully saturated rings. The fourth-order valence-corrected chi connectivity index (χ4v) is 5.63. The van der Waals surface area contributed by atoms with Crippen molar-refractivity contribution in [1.29, 1.82) is 0 Å². The number of ether oxygens (including phenoxy) is 1. The van der Waals surface area contributed by atoms with E-state index < -0.39 is 0 Å². The molecule has 3 heterocycles. The second-order valence-electron chi connectivity index (χ2n) is 9.17. The molecule has 2 aliphatic heterocycles. The first-order chi connectivity index (χ1) is 17.0. The quantitative estimate of drug-likeness (QED) is 0.383. The minimum Gasteiger partial charge on any atom is -0.496 e. The van der Waals surface area contributed by atoms with Crippen LogP contribution in [0.5, 0.6) is 5.75 Å². The minimum absolute atomic E-state index is 0.103. The summed E-state index contributed by atoms with van der Waals surface area (Å²) in [5.41, 5.74) is 6.32. The zero-order chi connectivity index (χ0) is 24.4. The Bertz CT molecular complexity index is 1340. The molecule has 0 saturated carbocycles. The average Bonchev–Trinajstić information content (AvgIpc) is 2.85. The van der Waals surface area contributed by atoms with Crippen molar-refractivity contribution in [1.82, 2.24) is 14.9 Å². The van der Waals surface area contributed by atoms with E-state index in [-0.39, 0.29) is 11.5 Å². The highest BCUT2D eigenvalue weighted by Gasteiger charge is 2.34. The molecule has 1 N–H and O–H groups in total. The van der Waals surface area contributed by atoms with Crippen molar-refractivity contribution in [2.24, 2.45) is 11.0 Å². The number of aromatic nitrogens is 1. The van der Waals surface area contributed by atoms with Crippen molar-refractivity contribution in [2.75, 3.05) is 20.2 Å². The largest absolute Gasteiger partial charge is 0.496 e. The number of methoxy groups -OCH3 is 1. The van der Waals surface area contributed by atoms with Crippen LogP contribution in [0.15, 0.2) is 75.0 Å². The molecule has 7 nitrogen and oxygen atoms in total. The van der Waals surface area contributed by atoms with Gasteiger partial charge in [0.1, 0.15) is 5.75 Å². The molecule has 35 heavy (non-hydrogen) atoms. The summed E-state index contributed by atoms with van der Waals surface area (Å²) in [6, 6.07) is 18.7. The first-order valence-electron chi connectivity index (χ1n) is 11.7. The van der Waals surface area contributed by atoms with E-state index >= 15 is 0 Å². The van der Waals surface area contributed by atoms with E-state index in [1.807, 2.05) is 34.9 Å². The number of hydrogen-bond acceptors (Lipinski definition) is 5. The number of carbonyl (C=O) groups is 1. The lowest BCUT2D eigenvalue weighted by molar-refractivity contribution is 0.0955. The third kappa shape index (κ3) is 5.23. The monoisotopic (exact) mass is 534 g/mol. The van der Waals surface area contributed by atoms with E-state index in [0.717, 1.165) is 59.6 Å².